The van der Waals surface area contributed by atoms with Gasteiger partial charge in [-0.2, -0.15) is 0 Å². The molecule has 0 amide bonds. The Balaban J connectivity index is 4.29. The second kappa shape index (κ2) is 64.6. The van der Waals surface area contributed by atoms with Crippen LogP contribution in [0.3, 0.4) is 0 Å². The number of carbonyl (C=O) groups excluding carboxylic acids is 3. The summed E-state index contributed by atoms with van der Waals surface area (Å²) in [5.74, 6) is -0.867. The maximum Gasteiger partial charge on any atom is 0.306 e. The van der Waals surface area contributed by atoms with Crippen LogP contribution in [0.2, 0.25) is 0 Å². The van der Waals surface area contributed by atoms with E-state index >= 15 is 0 Å². The first-order chi connectivity index (χ1) is 37.5. The van der Waals surface area contributed by atoms with E-state index in [1.54, 1.807) is 0 Å². The fourth-order valence-corrected chi connectivity index (χ4v) is 9.79. The Kier molecular flexibility index (Phi) is 62.2. The van der Waals surface area contributed by atoms with Crippen molar-refractivity contribution >= 4 is 17.9 Å². The van der Waals surface area contributed by atoms with Crippen molar-refractivity contribution in [1.82, 2.24) is 0 Å². The van der Waals surface area contributed by atoms with Crippen molar-refractivity contribution in [3.63, 3.8) is 0 Å². The van der Waals surface area contributed by atoms with Crippen LogP contribution in [0.1, 0.15) is 348 Å². The van der Waals surface area contributed by atoms with Crippen LogP contribution in [0.5, 0.6) is 0 Å². The van der Waals surface area contributed by atoms with E-state index in [2.05, 4.69) is 81.5 Å². The lowest BCUT2D eigenvalue weighted by Gasteiger charge is -2.18. The van der Waals surface area contributed by atoms with Crippen molar-refractivity contribution in [2.75, 3.05) is 13.2 Å². The van der Waals surface area contributed by atoms with Crippen molar-refractivity contribution in [3.05, 3.63) is 60.8 Å². The summed E-state index contributed by atoms with van der Waals surface area (Å²) in [5.41, 5.74) is 0. The molecule has 0 bridgehead atoms. The van der Waals surface area contributed by atoms with Gasteiger partial charge in [-0.15, -0.1) is 0 Å². The molecular formula is C70H126O6. The molecule has 0 fully saturated rings. The number of rotatable bonds is 61. The van der Waals surface area contributed by atoms with Crippen LogP contribution in [0.4, 0.5) is 0 Å². The molecule has 0 aliphatic rings. The fourth-order valence-electron chi connectivity index (χ4n) is 9.79. The summed E-state index contributed by atoms with van der Waals surface area (Å²) in [6, 6.07) is 0. The summed E-state index contributed by atoms with van der Waals surface area (Å²) in [7, 11) is 0. The molecule has 0 radical (unpaired) electrons. The summed E-state index contributed by atoms with van der Waals surface area (Å²) in [6.07, 6.45) is 82.3. The van der Waals surface area contributed by atoms with E-state index in [0.717, 1.165) is 89.9 Å². The smallest absolute Gasteiger partial charge is 0.306 e. The zero-order valence-corrected chi connectivity index (χ0v) is 50.8. The van der Waals surface area contributed by atoms with Crippen LogP contribution in [0, 0.1) is 0 Å². The van der Waals surface area contributed by atoms with Gasteiger partial charge in [-0.1, -0.05) is 306 Å². The van der Waals surface area contributed by atoms with Gasteiger partial charge in [0, 0.05) is 19.3 Å². The molecule has 0 saturated carbocycles. The normalized spacial score (nSPS) is 12.4. The maximum absolute atomic E-state index is 12.9. The number of esters is 3. The Bertz CT molecular complexity index is 1360. The zero-order valence-electron chi connectivity index (χ0n) is 50.8. The first kappa shape index (κ1) is 73.1. The van der Waals surface area contributed by atoms with Crippen LogP contribution in [0.15, 0.2) is 60.8 Å². The molecule has 0 heterocycles. The van der Waals surface area contributed by atoms with Crippen molar-refractivity contribution in [3.8, 4) is 0 Å². The SMILES string of the molecule is CC/C=C\C/C=C\C/C=C\C/C=C\CCCCCCCCCCCCC(=O)OCC(COC(=O)CCCCCCC/C=C\CCCCCC)OC(=O)CCCCCCCCCCCCCCCCCCCCCCCC. The van der Waals surface area contributed by atoms with E-state index in [1.807, 2.05) is 0 Å². The Labute approximate surface area is 472 Å². The van der Waals surface area contributed by atoms with Crippen LogP contribution in [-0.2, 0) is 28.6 Å². The molecule has 0 aliphatic carbocycles. The lowest BCUT2D eigenvalue weighted by molar-refractivity contribution is -0.167. The van der Waals surface area contributed by atoms with Crippen molar-refractivity contribution in [2.45, 2.75) is 354 Å². The van der Waals surface area contributed by atoms with Gasteiger partial charge < -0.3 is 14.2 Å². The average molecular weight is 1060 g/mol. The summed E-state index contributed by atoms with van der Waals surface area (Å²) < 4.78 is 17.0. The molecule has 1 unspecified atom stereocenters. The van der Waals surface area contributed by atoms with Gasteiger partial charge in [0.25, 0.3) is 0 Å². The molecule has 0 saturated heterocycles. The highest BCUT2D eigenvalue weighted by Gasteiger charge is 2.19. The maximum atomic E-state index is 12.9. The molecule has 1 atom stereocenters. The topological polar surface area (TPSA) is 78.9 Å². The van der Waals surface area contributed by atoms with E-state index < -0.39 is 6.10 Å². The van der Waals surface area contributed by atoms with Gasteiger partial charge in [0.05, 0.1) is 0 Å². The molecule has 0 spiro atoms. The number of allylic oxidation sites excluding steroid dienone is 10. The third kappa shape index (κ3) is 62.0. The van der Waals surface area contributed by atoms with Crippen LogP contribution < -0.4 is 0 Å². The molecule has 6 heteroatoms. The predicted octanol–water partition coefficient (Wildman–Crippen LogP) is 22.7. The highest BCUT2D eigenvalue weighted by Crippen LogP contribution is 2.18. The molecule has 0 rings (SSSR count). The summed E-state index contributed by atoms with van der Waals surface area (Å²) in [5, 5.41) is 0. The quantitative estimate of drug-likeness (QED) is 0.0261. The lowest BCUT2D eigenvalue weighted by atomic mass is 10.0. The first-order valence-electron chi connectivity index (χ1n) is 33.3. The van der Waals surface area contributed by atoms with Crippen molar-refractivity contribution < 1.29 is 28.6 Å². The Morgan fingerprint density at radius 2 is 0.513 bits per heavy atom. The number of carbonyl (C=O) groups is 3. The number of ether oxygens (including phenoxy) is 3. The van der Waals surface area contributed by atoms with Crippen molar-refractivity contribution in [1.29, 1.82) is 0 Å². The minimum absolute atomic E-state index is 0.0756. The van der Waals surface area contributed by atoms with E-state index in [-0.39, 0.29) is 31.1 Å². The number of hydrogen-bond acceptors (Lipinski definition) is 6. The van der Waals surface area contributed by atoms with Gasteiger partial charge in [0.2, 0.25) is 0 Å². The van der Waals surface area contributed by atoms with Gasteiger partial charge in [-0.05, 0) is 83.5 Å². The highest BCUT2D eigenvalue weighted by atomic mass is 16.6. The molecule has 76 heavy (non-hydrogen) atoms. The summed E-state index contributed by atoms with van der Waals surface area (Å²) in [4.78, 5) is 38.3. The van der Waals surface area contributed by atoms with E-state index in [4.69, 9.17) is 14.2 Å². The molecule has 0 aromatic carbocycles. The second-order valence-electron chi connectivity index (χ2n) is 22.4. The zero-order chi connectivity index (χ0) is 55.0. The van der Waals surface area contributed by atoms with Crippen LogP contribution in [0.25, 0.3) is 0 Å². The molecular weight excluding hydrogens is 937 g/mol. The monoisotopic (exact) mass is 1060 g/mol. The standard InChI is InChI=1S/C70H126O6/c1-4-7-10-13-16-19-22-25-27-29-31-33-35-37-38-40-42-45-48-51-54-57-60-63-69(72)75-66-67(65-74-68(71)62-59-56-53-50-47-44-24-21-18-15-12-9-6-3)76-70(73)64-61-58-55-52-49-46-43-41-39-36-34-32-30-28-26-23-20-17-14-11-8-5-2/h7,10,16,19,21,24-25,27,31,33,67H,4-6,8-9,11-15,17-18,20,22-23,26,28-30,32,34-66H2,1-3H3/b10-7-,19-16-,24-21-,27-25-,33-31-. The van der Waals surface area contributed by atoms with Gasteiger partial charge in [0.1, 0.15) is 13.2 Å². The highest BCUT2D eigenvalue weighted by molar-refractivity contribution is 5.71. The van der Waals surface area contributed by atoms with Gasteiger partial charge in [-0.25, -0.2) is 0 Å². The molecule has 0 aromatic rings. The molecule has 442 valence electrons. The summed E-state index contributed by atoms with van der Waals surface area (Å²) >= 11 is 0. The van der Waals surface area contributed by atoms with Crippen LogP contribution >= 0.6 is 0 Å². The number of unbranched alkanes of at least 4 members (excludes halogenated alkanes) is 40. The largest absolute Gasteiger partial charge is 0.462 e. The Morgan fingerprint density at radius 1 is 0.276 bits per heavy atom. The fraction of sp³-hybridized carbons (Fsp3) is 0.814. The average Bonchev–Trinajstić information content (AvgIpc) is 3.42. The minimum atomic E-state index is -0.778. The Hall–Kier alpha value is -2.89. The van der Waals surface area contributed by atoms with Crippen molar-refractivity contribution in [2.24, 2.45) is 0 Å². The number of hydrogen-bond donors (Lipinski definition) is 0. The second-order valence-corrected chi connectivity index (χ2v) is 22.4. The van der Waals surface area contributed by atoms with E-state index in [1.165, 1.54) is 218 Å². The molecule has 6 nitrogen and oxygen atoms in total. The predicted molar refractivity (Wildman–Crippen MR) is 330 cm³/mol. The molecule has 0 aliphatic heterocycles. The third-order valence-corrected chi connectivity index (χ3v) is 14.8. The van der Waals surface area contributed by atoms with Crippen LogP contribution in [-0.4, -0.2) is 37.2 Å². The summed E-state index contributed by atoms with van der Waals surface area (Å²) in [6.45, 7) is 6.56. The van der Waals surface area contributed by atoms with E-state index in [9.17, 15) is 14.4 Å². The van der Waals surface area contributed by atoms with E-state index in [0.29, 0.717) is 19.3 Å². The third-order valence-electron chi connectivity index (χ3n) is 14.8. The van der Waals surface area contributed by atoms with Gasteiger partial charge in [-0.3, -0.25) is 14.4 Å². The molecule has 0 aromatic heterocycles. The first-order valence-corrected chi connectivity index (χ1v) is 33.3. The van der Waals surface area contributed by atoms with Gasteiger partial charge in [0.15, 0.2) is 6.10 Å². The minimum Gasteiger partial charge on any atom is -0.462 e. The van der Waals surface area contributed by atoms with Gasteiger partial charge >= 0.3 is 17.9 Å². The lowest BCUT2D eigenvalue weighted by Crippen LogP contribution is -2.30. The Morgan fingerprint density at radius 3 is 0.829 bits per heavy atom. The molecule has 0 N–H and O–H groups in total.